The van der Waals surface area contributed by atoms with Gasteiger partial charge in [0.15, 0.2) is 0 Å². The summed E-state index contributed by atoms with van der Waals surface area (Å²) in [7, 11) is -3.66. The molecule has 1 saturated heterocycles. The summed E-state index contributed by atoms with van der Waals surface area (Å²) in [6.45, 7) is 3.50. The molecule has 0 bridgehead atoms. The van der Waals surface area contributed by atoms with E-state index in [9.17, 15) is 22.4 Å². The lowest BCUT2D eigenvalue weighted by atomic mass is 10.2. The van der Waals surface area contributed by atoms with E-state index in [1.807, 2.05) is 6.92 Å². The molecule has 164 valence electrons. The SMILES string of the molecule is Cc1ccc(S(=O)(=O)c2ccc(CN3C(=O)C(C)N(c4ccc(F)cc4)C3=O)cc2)cc1. The van der Waals surface area contributed by atoms with Gasteiger partial charge in [0.1, 0.15) is 11.9 Å². The Morgan fingerprint density at radius 3 is 1.94 bits per heavy atom. The second kappa shape index (κ2) is 8.20. The summed E-state index contributed by atoms with van der Waals surface area (Å²) in [6.07, 6.45) is 0. The van der Waals surface area contributed by atoms with Crippen LogP contribution in [0.1, 0.15) is 18.1 Å². The van der Waals surface area contributed by atoms with Gasteiger partial charge in [0.2, 0.25) is 9.84 Å². The Balaban J connectivity index is 1.54. The fraction of sp³-hybridized carbons (Fsp3) is 0.167. The third kappa shape index (κ3) is 3.89. The Morgan fingerprint density at radius 2 is 1.38 bits per heavy atom. The van der Waals surface area contributed by atoms with Crippen molar-refractivity contribution in [1.82, 2.24) is 4.90 Å². The lowest BCUT2D eigenvalue weighted by Crippen LogP contribution is -2.33. The topological polar surface area (TPSA) is 74.8 Å². The van der Waals surface area contributed by atoms with E-state index in [1.54, 1.807) is 43.3 Å². The van der Waals surface area contributed by atoms with E-state index in [4.69, 9.17) is 0 Å². The number of amides is 3. The first-order valence-electron chi connectivity index (χ1n) is 9.99. The molecule has 1 fully saturated rings. The van der Waals surface area contributed by atoms with E-state index < -0.39 is 27.7 Å². The highest BCUT2D eigenvalue weighted by Crippen LogP contribution is 2.28. The molecule has 0 spiro atoms. The maximum Gasteiger partial charge on any atom is 0.332 e. The van der Waals surface area contributed by atoms with E-state index in [2.05, 4.69) is 0 Å². The summed E-state index contributed by atoms with van der Waals surface area (Å²) >= 11 is 0. The Morgan fingerprint density at radius 1 is 0.844 bits per heavy atom. The van der Waals surface area contributed by atoms with E-state index >= 15 is 0 Å². The maximum atomic E-state index is 13.2. The Hall–Kier alpha value is -3.52. The van der Waals surface area contributed by atoms with Gasteiger partial charge in [-0.1, -0.05) is 29.8 Å². The number of imide groups is 1. The predicted molar refractivity (Wildman–Crippen MR) is 117 cm³/mol. The summed E-state index contributed by atoms with van der Waals surface area (Å²) in [5.74, 6) is -0.812. The van der Waals surface area contributed by atoms with Crippen LogP contribution in [0.3, 0.4) is 0 Å². The van der Waals surface area contributed by atoms with Crippen molar-refractivity contribution >= 4 is 27.5 Å². The van der Waals surface area contributed by atoms with Crippen molar-refractivity contribution in [3.8, 4) is 0 Å². The quantitative estimate of drug-likeness (QED) is 0.540. The van der Waals surface area contributed by atoms with Gasteiger partial charge < -0.3 is 0 Å². The fourth-order valence-electron chi connectivity index (χ4n) is 3.62. The fourth-order valence-corrected chi connectivity index (χ4v) is 4.88. The molecular weight excluding hydrogens is 431 g/mol. The minimum atomic E-state index is -3.66. The van der Waals surface area contributed by atoms with Crippen LogP contribution in [-0.4, -0.2) is 31.3 Å². The Kier molecular flexibility index (Phi) is 5.56. The number of nitrogens with zero attached hydrogens (tertiary/aromatic N) is 2. The highest BCUT2D eigenvalue weighted by Gasteiger charge is 2.43. The largest absolute Gasteiger partial charge is 0.332 e. The van der Waals surface area contributed by atoms with Crippen LogP contribution < -0.4 is 4.90 Å². The molecule has 1 atom stereocenters. The lowest BCUT2D eigenvalue weighted by Gasteiger charge is -2.19. The Bertz CT molecular complexity index is 1270. The van der Waals surface area contributed by atoms with Crippen LogP contribution in [-0.2, 0) is 21.2 Å². The number of anilines is 1. The number of hydrogen-bond donors (Lipinski definition) is 0. The zero-order valence-electron chi connectivity index (χ0n) is 17.5. The van der Waals surface area contributed by atoms with Crippen LogP contribution in [0.25, 0.3) is 0 Å². The van der Waals surface area contributed by atoms with Gasteiger partial charge in [-0.25, -0.2) is 17.6 Å². The molecule has 8 heteroatoms. The van der Waals surface area contributed by atoms with Crippen molar-refractivity contribution in [3.63, 3.8) is 0 Å². The van der Waals surface area contributed by atoms with Gasteiger partial charge in [-0.15, -0.1) is 0 Å². The average molecular weight is 453 g/mol. The number of benzene rings is 3. The highest BCUT2D eigenvalue weighted by molar-refractivity contribution is 7.91. The molecule has 3 aromatic carbocycles. The predicted octanol–water partition coefficient (Wildman–Crippen LogP) is 4.32. The first-order chi connectivity index (χ1) is 15.2. The standard InChI is InChI=1S/C24H21FN2O4S/c1-16-3-11-21(12-4-16)32(30,31)22-13-5-18(6-14-22)15-26-23(28)17(2)27(24(26)29)20-9-7-19(25)8-10-20/h3-14,17H,15H2,1-2H3. The van der Waals surface area contributed by atoms with Gasteiger partial charge in [0.25, 0.3) is 5.91 Å². The molecule has 3 aromatic rings. The molecular formula is C24H21FN2O4S. The number of hydrogen-bond acceptors (Lipinski definition) is 4. The minimum absolute atomic E-state index is 0.00452. The van der Waals surface area contributed by atoms with Crippen molar-refractivity contribution in [2.75, 3.05) is 4.90 Å². The van der Waals surface area contributed by atoms with Gasteiger partial charge in [-0.2, -0.15) is 0 Å². The molecule has 3 amide bonds. The molecule has 1 unspecified atom stereocenters. The maximum absolute atomic E-state index is 13.2. The Labute approximate surface area is 185 Å². The van der Waals surface area contributed by atoms with Crippen LogP contribution in [0, 0.1) is 12.7 Å². The number of carbonyl (C=O) groups is 2. The van der Waals surface area contributed by atoms with Crippen LogP contribution in [0.15, 0.2) is 82.6 Å². The minimum Gasteiger partial charge on any atom is -0.282 e. The molecule has 0 radical (unpaired) electrons. The third-order valence-electron chi connectivity index (χ3n) is 5.46. The van der Waals surface area contributed by atoms with E-state index in [0.29, 0.717) is 11.3 Å². The summed E-state index contributed by atoms with van der Waals surface area (Å²) in [5.41, 5.74) is 2.00. The van der Waals surface area contributed by atoms with Gasteiger partial charge in [0, 0.05) is 5.69 Å². The summed E-state index contributed by atoms with van der Waals surface area (Å²) in [5, 5.41) is 0. The van der Waals surface area contributed by atoms with Crippen LogP contribution in [0.2, 0.25) is 0 Å². The number of aryl methyl sites for hydroxylation is 1. The van der Waals surface area contributed by atoms with Crippen LogP contribution in [0.4, 0.5) is 14.9 Å². The number of carbonyl (C=O) groups excluding carboxylic acids is 2. The van der Waals surface area contributed by atoms with Crippen LogP contribution in [0.5, 0.6) is 0 Å². The third-order valence-corrected chi connectivity index (χ3v) is 7.24. The number of sulfone groups is 1. The molecule has 0 saturated carbocycles. The molecule has 32 heavy (non-hydrogen) atoms. The van der Waals surface area contributed by atoms with E-state index in [-0.39, 0.29) is 22.2 Å². The zero-order chi connectivity index (χ0) is 23.0. The molecule has 4 rings (SSSR count). The lowest BCUT2D eigenvalue weighted by molar-refractivity contribution is -0.127. The van der Waals surface area contributed by atoms with E-state index in [1.165, 1.54) is 41.3 Å². The highest BCUT2D eigenvalue weighted by atomic mass is 32.2. The second-order valence-electron chi connectivity index (χ2n) is 7.69. The van der Waals surface area contributed by atoms with Crippen molar-refractivity contribution < 1.29 is 22.4 Å². The monoisotopic (exact) mass is 452 g/mol. The molecule has 0 aromatic heterocycles. The summed E-state index contributed by atoms with van der Waals surface area (Å²) in [6, 6.07) is 16.8. The second-order valence-corrected chi connectivity index (χ2v) is 9.64. The molecule has 0 aliphatic carbocycles. The molecule has 6 nitrogen and oxygen atoms in total. The van der Waals surface area contributed by atoms with Crippen molar-refractivity contribution in [3.05, 3.63) is 89.7 Å². The molecule has 1 heterocycles. The van der Waals surface area contributed by atoms with Gasteiger partial charge in [0.05, 0.1) is 16.3 Å². The van der Waals surface area contributed by atoms with Crippen molar-refractivity contribution in [2.24, 2.45) is 0 Å². The van der Waals surface area contributed by atoms with Gasteiger partial charge in [-0.05, 0) is 67.9 Å². The number of urea groups is 1. The smallest absolute Gasteiger partial charge is 0.282 e. The number of rotatable bonds is 5. The van der Waals surface area contributed by atoms with Gasteiger partial charge in [-0.3, -0.25) is 14.6 Å². The first-order valence-corrected chi connectivity index (χ1v) is 11.5. The summed E-state index contributed by atoms with van der Waals surface area (Å²) < 4.78 is 38.9. The number of halogens is 1. The van der Waals surface area contributed by atoms with Gasteiger partial charge >= 0.3 is 6.03 Å². The molecule has 1 aliphatic rings. The van der Waals surface area contributed by atoms with Crippen molar-refractivity contribution in [2.45, 2.75) is 36.2 Å². The normalized spacial score (nSPS) is 16.7. The summed E-state index contributed by atoms with van der Waals surface area (Å²) in [4.78, 5) is 28.4. The molecule has 1 aliphatic heterocycles. The molecule has 0 N–H and O–H groups in total. The van der Waals surface area contributed by atoms with Crippen molar-refractivity contribution in [1.29, 1.82) is 0 Å². The average Bonchev–Trinajstić information content (AvgIpc) is 2.98. The van der Waals surface area contributed by atoms with E-state index in [0.717, 1.165) is 10.5 Å². The zero-order valence-corrected chi connectivity index (χ0v) is 18.3. The first kappa shape index (κ1) is 21.7. The van der Waals surface area contributed by atoms with Crippen LogP contribution >= 0.6 is 0 Å².